The lowest BCUT2D eigenvalue weighted by molar-refractivity contribution is 0.102. The van der Waals surface area contributed by atoms with E-state index in [4.69, 9.17) is 11.6 Å². The van der Waals surface area contributed by atoms with Gasteiger partial charge in [0.25, 0.3) is 5.91 Å². The number of carbonyl (C=O) groups is 1. The number of halogens is 2. The number of amides is 1. The number of aromatic nitrogens is 2. The van der Waals surface area contributed by atoms with E-state index in [1.54, 1.807) is 18.2 Å². The van der Waals surface area contributed by atoms with Gasteiger partial charge in [-0.05, 0) is 23.8 Å². The van der Waals surface area contributed by atoms with E-state index in [2.05, 4.69) is 20.6 Å². The minimum atomic E-state index is -0.505. The van der Waals surface area contributed by atoms with E-state index in [1.807, 2.05) is 18.2 Å². The molecule has 0 unspecified atom stereocenters. The van der Waals surface area contributed by atoms with Crippen molar-refractivity contribution in [3.8, 4) is 0 Å². The van der Waals surface area contributed by atoms with Crippen LogP contribution in [0.3, 0.4) is 0 Å². The van der Waals surface area contributed by atoms with Gasteiger partial charge < -0.3 is 10.6 Å². The third-order valence-corrected chi connectivity index (χ3v) is 3.80. The molecule has 0 aliphatic carbocycles. The van der Waals surface area contributed by atoms with Crippen molar-refractivity contribution in [1.82, 2.24) is 9.97 Å². The largest absolute Gasteiger partial charge is 0.350 e. The van der Waals surface area contributed by atoms with Gasteiger partial charge in [-0.15, -0.1) is 0 Å². The van der Waals surface area contributed by atoms with Crippen molar-refractivity contribution in [3.63, 3.8) is 0 Å². The number of carbonyl (C=O) groups excluding carboxylic acids is 1. The van der Waals surface area contributed by atoms with E-state index in [9.17, 15) is 9.18 Å². The van der Waals surface area contributed by atoms with Crippen LogP contribution in [0, 0.1) is 5.82 Å². The normalized spacial score (nSPS) is 10.3. The van der Waals surface area contributed by atoms with Crippen LogP contribution in [0.4, 0.5) is 16.0 Å². The zero-order chi connectivity index (χ0) is 17.6. The summed E-state index contributed by atoms with van der Waals surface area (Å²) < 4.78 is 13.6. The summed E-state index contributed by atoms with van der Waals surface area (Å²) in [5.41, 5.74) is 1.24. The lowest BCUT2D eigenvalue weighted by Crippen LogP contribution is -2.14. The monoisotopic (exact) mass is 356 g/mol. The Kier molecular flexibility index (Phi) is 5.20. The van der Waals surface area contributed by atoms with Crippen LogP contribution in [0.25, 0.3) is 0 Å². The van der Waals surface area contributed by atoms with Crippen LogP contribution in [0.15, 0.2) is 60.9 Å². The summed E-state index contributed by atoms with van der Waals surface area (Å²) in [6, 6.07) is 13.4. The summed E-state index contributed by atoms with van der Waals surface area (Å²) in [5, 5.41) is 6.16. The Morgan fingerprint density at radius 3 is 2.44 bits per heavy atom. The van der Waals surface area contributed by atoms with Crippen LogP contribution in [-0.2, 0) is 6.54 Å². The third-order valence-electron chi connectivity index (χ3n) is 3.43. The van der Waals surface area contributed by atoms with Crippen LogP contribution in [0.1, 0.15) is 15.9 Å². The standard InChI is InChI=1S/C18H14ClFN4O/c19-14-6-2-1-5-12(14)9-21-18-22-10-13(11-23-18)17(25)24-16-8-4-3-7-15(16)20/h1-8,10-11H,9H2,(H,24,25)(H,21,22,23). The highest BCUT2D eigenvalue weighted by Gasteiger charge is 2.10. The predicted octanol–water partition coefficient (Wildman–Crippen LogP) is 4.13. The fourth-order valence-electron chi connectivity index (χ4n) is 2.11. The van der Waals surface area contributed by atoms with Crippen molar-refractivity contribution in [1.29, 1.82) is 0 Å². The highest BCUT2D eigenvalue weighted by atomic mass is 35.5. The van der Waals surface area contributed by atoms with E-state index in [0.717, 1.165) is 5.56 Å². The van der Waals surface area contributed by atoms with Crippen LogP contribution in [0.2, 0.25) is 5.02 Å². The number of benzene rings is 2. The average Bonchev–Trinajstić information content (AvgIpc) is 2.63. The van der Waals surface area contributed by atoms with Gasteiger partial charge in [0.2, 0.25) is 5.95 Å². The molecule has 0 spiro atoms. The van der Waals surface area contributed by atoms with Crippen molar-refractivity contribution in [2.75, 3.05) is 10.6 Å². The number of nitrogens with zero attached hydrogens (tertiary/aromatic N) is 2. The van der Waals surface area contributed by atoms with Crippen LogP contribution >= 0.6 is 11.6 Å². The fourth-order valence-corrected chi connectivity index (χ4v) is 2.31. The summed E-state index contributed by atoms with van der Waals surface area (Å²) in [7, 11) is 0. The molecule has 1 aromatic heterocycles. The minimum Gasteiger partial charge on any atom is -0.350 e. The molecule has 7 heteroatoms. The van der Waals surface area contributed by atoms with Gasteiger partial charge >= 0.3 is 0 Å². The van der Waals surface area contributed by atoms with E-state index in [0.29, 0.717) is 17.5 Å². The highest BCUT2D eigenvalue weighted by molar-refractivity contribution is 6.31. The van der Waals surface area contributed by atoms with E-state index in [-0.39, 0.29) is 11.3 Å². The summed E-state index contributed by atoms with van der Waals surface area (Å²) in [4.78, 5) is 20.3. The molecule has 2 N–H and O–H groups in total. The molecule has 5 nitrogen and oxygen atoms in total. The van der Waals surface area contributed by atoms with Crippen molar-refractivity contribution >= 4 is 29.1 Å². The maximum atomic E-state index is 13.6. The molecule has 3 aromatic rings. The fraction of sp³-hybridized carbons (Fsp3) is 0.0556. The first kappa shape index (κ1) is 16.9. The lowest BCUT2D eigenvalue weighted by Gasteiger charge is -2.08. The number of hydrogen-bond acceptors (Lipinski definition) is 4. The number of rotatable bonds is 5. The maximum Gasteiger partial charge on any atom is 0.258 e. The van der Waals surface area contributed by atoms with Crippen LogP contribution < -0.4 is 10.6 Å². The first-order chi connectivity index (χ1) is 12.1. The number of hydrogen-bond donors (Lipinski definition) is 2. The Balaban J connectivity index is 1.63. The Hall–Kier alpha value is -2.99. The van der Waals surface area contributed by atoms with E-state index in [1.165, 1.54) is 24.5 Å². The van der Waals surface area contributed by atoms with Crippen molar-refractivity contribution in [2.45, 2.75) is 6.54 Å². The number of para-hydroxylation sites is 1. The quantitative estimate of drug-likeness (QED) is 0.721. The zero-order valence-electron chi connectivity index (χ0n) is 13.0. The molecule has 0 aliphatic heterocycles. The van der Waals surface area contributed by atoms with Gasteiger partial charge in [-0.3, -0.25) is 4.79 Å². The molecule has 3 rings (SSSR count). The Morgan fingerprint density at radius 1 is 1.04 bits per heavy atom. The van der Waals surface area contributed by atoms with E-state index >= 15 is 0 Å². The Bertz CT molecular complexity index is 886. The van der Waals surface area contributed by atoms with Crippen molar-refractivity contribution in [2.24, 2.45) is 0 Å². The van der Waals surface area contributed by atoms with E-state index < -0.39 is 11.7 Å². The number of nitrogens with one attached hydrogen (secondary N) is 2. The molecule has 126 valence electrons. The third kappa shape index (κ3) is 4.30. The first-order valence-corrected chi connectivity index (χ1v) is 7.86. The summed E-state index contributed by atoms with van der Waals surface area (Å²) in [6.07, 6.45) is 2.75. The zero-order valence-corrected chi connectivity index (χ0v) is 13.8. The molecule has 0 atom stereocenters. The Morgan fingerprint density at radius 2 is 1.72 bits per heavy atom. The van der Waals surface area contributed by atoms with Crippen molar-refractivity contribution in [3.05, 3.63) is 82.9 Å². The average molecular weight is 357 g/mol. The second-order valence-electron chi connectivity index (χ2n) is 5.17. The van der Waals surface area contributed by atoms with Gasteiger partial charge in [0.1, 0.15) is 5.82 Å². The molecule has 0 bridgehead atoms. The van der Waals surface area contributed by atoms with Gasteiger partial charge in [-0.25, -0.2) is 14.4 Å². The molecule has 0 aliphatic rings. The molecular formula is C18H14ClFN4O. The molecule has 0 saturated carbocycles. The van der Waals surface area contributed by atoms with Crippen molar-refractivity contribution < 1.29 is 9.18 Å². The molecule has 1 heterocycles. The van der Waals surface area contributed by atoms with Gasteiger partial charge in [0.15, 0.2) is 0 Å². The Labute approximate surface area is 148 Å². The highest BCUT2D eigenvalue weighted by Crippen LogP contribution is 2.16. The molecule has 2 aromatic carbocycles. The molecule has 25 heavy (non-hydrogen) atoms. The predicted molar refractivity (Wildman–Crippen MR) is 95.2 cm³/mol. The SMILES string of the molecule is O=C(Nc1ccccc1F)c1cnc(NCc2ccccc2Cl)nc1. The van der Waals surface area contributed by atoms with Gasteiger partial charge in [-0.1, -0.05) is 41.9 Å². The van der Waals surface area contributed by atoms with Crippen LogP contribution in [0.5, 0.6) is 0 Å². The number of anilines is 2. The molecule has 0 fully saturated rings. The topological polar surface area (TPSA) is 66.9 Å². The smallest absolute Gasteiger partial charge is 0.258 e. The lowest BCUT2D eigenvalue weighted by atomic mass is 10.2. The molecule has 1 amide bonds. The summed E-state index contributed by atoms with van der Waals surface area (Å²) >= 11 is 6.08. The summed E-state index contributed by atoms with van der Waals surface area (Å²) in [5.74, 6) is -0.625. The minimum absolute atomic E-state index is 0.105. The van der Waals surface area contributed by atoms with Gasteiger partial charge in [-0.2, -0.15) is 0 Å². The molecular weight excluding hydrogens is 343 g/mol. The van der Waals surface area contributed by atoms with Crippen LogP contribution in [-0.4, -0.2) is 15.9 Å². The van der Waals surface area contributed by atoms with Gasteiger partial charge in [0.05, 0.1) is 11.3 Å². The molecule has 0 radical (unpaired) electrons. The second kappa shape index (κ2) is 7.72. The maximum absolute atomic E-state index is 13.6. The van der Waals surface area contributed by atoms with Gasteiger partial charge in [0, 0.05) is 24.0 Å². The molecule has 0 saturated heterocycles. The second-order valence-corrected chi connectivity index (χ2v) is 5.58. The first-order valence-electron chi connectivity index (χ1n) is 7.48. The summed E-state index contributed by atoms with van der Waals surface area (Å²) in [6.45, 7) is 0.459.